The predicted octanol–water partition coefficient (Wildman–Crippen LogP) is 4.09. The summed E-state index contributed by atoms with van der Waals surface area (Å²) in [5.74, 6) is 0.0953. The van der Waals surface area contributed by atoms with Gasteiger partial charge in [-0.25, -0.2) is 9.07 Å². The molecule has 8 heteroatoms. The van der Waals surface area contributed by atoms with E-state index >= 15 is 0 Å². The van der Waals surface area contributed by atoms with Crippen molar-refractivity contribution in [1.29, 1.82) is 0 Å². The fraction of sp³-hybridized carbons (Fsp3) is 0.105. The maximum Gasteiger partial charge on any atom is 0.250 e. The Kier molecular flexibility index (Phi) is 4.37. The van der Waals surface area contributed by atoms with Crippen molar-refractivity contribution < 1.29 is 9.18 Å². The number of anilines is 2. The Morgan fingerprint density at radius 1 is 1.19 bits per heavy atom. The topological polar surface area (TPSA) is 71.8 Å². The van der Waals surface area contributed by atoms with Crippen LogP contribution in [0.2, 0.25) is 5.02 Å². The summed E-state index contributed by atoms with van der Waals surface area (Å²) in [6.45, 7) is 1.39. The third kappa shape index (κ3) is 3.54. The largest absolute Gasteiger partial charge is 0.324 e. The van der Waals surface area contributed by atoms with Crippen molar-refractivity contribution in [2.75, 3.05) is 10.6 Å². The Hall–Kier alpha value is -3.19. The Morgan fingerprint density at radius 3 is 2.56 bits per heavy atom. The van der Waals surface area contributed by atoms with Gasteiger partial charge in [0.25, 0.3) is 5.95 Å². The van der Waals surface area contributed by atoms with E-state index in [9.17, 15) is 9.18 Å². The first kappa shape index (κ1) is 17.2. The van der Waals surface area contributed by atoms with Crippen LogP contribution in [-0.2, 0) is 4.79 Å². The maximum atomic E-state index is 13.4. The lowest BCUT2D eigenvalue weighted by Gasteiger charge is -2.24. The second-order valence-electron chi connectivity index (χ2n) is 6.09. The Morgan fingerprint density at radius 2 is 1.89 bits per heavy atom. The third-order valence-corrected chi connectivity index (χ3v) is 4.37. The second-order valence-corrected chi connectivity index (χ2v) is 6.53. The molecule has 136 valence electrons. The van der Waals surface area contributed by atoms with E-state index in [1.807, 2.05) is 18.2 Å². The number of carbonyl (C=O) groups excluding carboxylic acids is 1. The molecule has 1 aromatic heterocycles. The standard InChI is InChI=1S/C19H15ClFN5O/c1-11(27)22-18-24-19-23-16(12-2-6-14(20)7-3-12)10-17(26(19)25-18)13-4-8-15(21)9-5-13/h2-10,17H,1H3,(H2,22,23,24,25,27)/t17-/m0/s1. The molecule has 3 aromatic rings. The van der Waals surface area contributed by atoms with Crippen LogP contribution in [0.25, 0.3) is 5.70 Å². The number of carbonyl (C=O) groups is 1. The average molecular weight is 384 g/mol. The van der Waals surface area contributed by atoms with Gasteiger partial charge in [0.05, 0.1) is 0 Å². The van der Waals surface area contributed by atoms with Crippen molar-refractivity contribution in [3.8, 4) is 0 Å². The number of hydrogen-bond acceptors (Lipinski definition) is 4. The summed E-state index contributed by atoms with van der Waals surface area (Å²) in [5, 5.41) is 10.8. The Balaban J connectivity index is 1.79. The van der Waals surface area contributed by atoms with E-state index in [0.717, 1.165) is 16.8 Å². The first-order valence-corrected chi connectivity index (χ1v) is 8.62. The summed E-state index contributed by atoms with van der Waals surface area (Å²) in [4.78, 5) is 15.7. The lowest BCUT2D eigenvalue weighted by molar-refractivity contribution is -0.114. The van der Waals surface area contributed by atoms with E-state index in [2.05, 4.69) is 20.7 Å². The molecule has 0 saturated carbocycles. The Bertz CT molecular complexity index is 1030. The van der Waals surface area contributed by atoms with E-state index in [1.54, 1.807) is 28.9 Å². The van der Waals surface area contributed by atoms with Crippen LogP contribution >= 0.6 is 11.6 Å². The number of benzene rings is 2. The normalized spacial score (nSPS) is 15.5. The van der Waals surface area contributed by atoms with Gasteiger partial charge in [0.2, 0.25) is 11.9 Å². The van der Waals surface area contributed by atoms with Gasteiger partial charge in [-0.3, -0.25) is 10.1 Å². The lowest BCUT2D eigenvalue weighted by Crippen LogP contribution is -2.20. The fourth-order valence-electron chi connectivity index (χ4n) is 2.90. The van der Waals surface area contributed by atoms with E-state index in [1.165, 1.54) is 19.1 Å². The molecule has 0 fully saturated rings. The highest BCUT2D eigenvalue weighted by molar-refractivity contribution is 6.30. The minimum atomic E-state index is -0.317. The zero-order chi connectivity index (χ0) is 19.0. The van der Waals surface area contributed by atoms with E-state index in [0.29, 0.717) is 11.0 Å². The highest BCUT2D eigenvalue weighted by Gasteiger charge is 2.25. The summed E-state index contributed by atoms with van der Waals surface area (Å²) >= 11 is 5.98. The Labute approximate surface area is 159 Å². The monoisotopic (exact) mass is 383 g/mol. The first-order valence-electron chi connectivity index (χ1n) is 8.24. The molecule has 2 heterocycles. The maximum absolute atomic E-state index is 13.4. The van der Waals surface area contributed by atoms with Crippen molar-refractivity contribution in [3.05, 3.63) is 76.6 Å². The summed E-state index contributed by atoms with van der Waals surface area (Å²) in [5.41, 5.74) is 2.57. The molecular weight excluding hydrogens is 369 g/mol. The third-order valence-electron chi connectivity index (χ3n) is 4.12. The number of aromatic nitrogens is 3. The number of rotatable bonds is 3. The average Bonchev–Trinajstić information content (AvgIpc) is 3.03. The molecule has 1 atom stereocenters. The minimum Gasteiger partial charge on any atom is -0.324 e. The van der Waals surface area contributed by atoms with Gasteiger partial charge in [-0.05, 0) is 41.5 Å². The molecule has 0 saturated heterocycles. The summed E-state index contributed by atoms with van der Waals surface area (Å²) in [7, 11) is 0. The zero-order valence-electron chi connectivity index (χ0n) is 14.3. The molecule has 4 rings (SSSR count). The zero-order valence-corrected chi connectivity index (χ0v) is 15.0. The molecule has 2 N–H and O–H groups in total. The van der Waals surface area contributed by atoms with Crippen LogP contribution < -0.4 is 10.6 Å². The van der Waals surface area contributed by atoms with Crippen molar-refractivity contribution in [1.82, 2.24) is 14.8 Å². The molecule has 27 heavy (non-hydrogen) atoms. The highest BCUT2D eigenvalue weighted by atomic mass is 35.5. The number of halogens is 2. The van der Waals surface area contributed by atoms with Gasteiger partial charge in [0.1, 0.15) is 11.9 Å². The molecular formula is C19H15ClFN5O. The van der Waals surface area contributed by atoms with Crippen LogP contribution in [0.4, 0.5) is 16.3 Å². The first-order chi connectivity index (χ1) is 13.0. The van der Waals surface area contributed by atoms with E-state index < -0.39 is 0 Å². The summed E-state index contributed by atoms with van der Waals surface area (Å²) < 4.78 is 15.0. The van der Waals surface area contributed by atoms with Crippen molar-refractivity contribution >= 4 is 35.1 Å². The van der Waals surface area contributed by atoms with Crippen LogP contribution in [0.15, 0.2) is 54.6 Å². The molecule has 0 aliphatic carbocycles. The molecule has 0 radical (unpaired) electrons. The number of amides is 1. The molecule has 0 spiro atoms. The van der Waals surface area contributed by atoms with Crippen molar-refractivity contribution in [2.45, 2.75) is 13.0 Å². The number of nitrogens with zero attached hydrogens (tertiary/aromatic N) is 3. The molecule has 2 aromatic carbocycles. The number of hydrogen-bond donors (Lipinski definition) is 2. The molecule has 1 aliphatic heterocycles. The smallest absolute Gasteiger partial charge is 0.250 e. The van der Waals surface area contributed by atoms with Gasteiger partial charge >= 0.3 is 0 Å². The SMILES string of the molecule is CC(=O)Nc1nc2n(n1)[C@H](c1ccc(F)cc1)C=C(c1ccc(Cl)cc1)N2. The van der Waals surface area contributed by atoms with Gasteiger partial charge in [-0.2, -0.15) is 4.98 Å². The van der Waals surface area contributed by atoms with Gasteiger partial charge in [-0.15, -0.1) is 5.10 Å². The lowest BCUT2D eigenvalue weighted by atomic mass is 10.0. The second kappa shape index (κ2) is 6.85. The van der Waals surface area contributed by atoms with Gasteiger partial charge in [-0.1, -0.05) is 35.9 Å². The van der Waals surface area contributed by atoms with Crippen LogP contribution in [-0.4, -0.2) is 20.7 Å². The van der Waals surface area contributed by atoms with Gasteiger partial charge in [0.15, 0.2) is 0 Å². The van der Waals surface area contributed by atoms with Crippen molar-refractivity contribution in [2.24, 2.45) is 0 Å². The van der Waals surface area contributed by atoms with Gasteiger partial charge in [0, 0.05) is 17.6 Å². The van der Waals surface area contributed by atoms with Gasteiger partial charge < -0.3 is 5.32 Å². The molecule has 0 bridgehead atoms. The fourth-order valence-corrected chi connectivity index (χ4v) is 3.02. The van der Waals surface area contributed by atoms with Crippen LogP contribution in [0.1, 0.15) is 24.1 Å². The predicted molar refractivity (Wildman–Crippen MR) is 102 cm³/mol. The molecule has 0 unspecified atom stereocenters. The van der Waals surface area contributed by atoms with Crippen LogP contribution in [0.5, 0.6) is 0 Å². The quantitative estimate of drug-likeness (QED) is 0.714. The van der Waals surface area contributed by atoms with Crippen LogP contribution in [0.3, 0.4) is 0 Å². The summed E-state index contributed by atoms with van der Waals surface area (Å²) in [6.07, 6.45) is 1.97. The van der Waals surface area contributed by atoms with E-state index in [4.69, 9.17) is 11.6 Å². The number of fused-ring (bicyclic) bond motifs is 1. The molecule has 1 amide bonds. The highest BCUT2D eigenvalue weighted by Crippen LogP contribution is 2.33. The van der Waals surface area contributed by atoms with Crippen LogP contribution in [0, 0.1) is 5.82 Å². The number of nitrogens with one attached hydrogen (secondary N) is 2. The summed E-state index contributed by atoms with van der Waals surface area (Å²) in [6, 6.07) is 13.3. The number of allylic oxidation sites excluding steroid dienone is 1. The van der Waals surface area contributed by atoms with Crippen molar-refractivity contribution in [3.63, 3.8) is 0 Å². The van der Waals surface area contributed by atoms with E-state index in [-0.39, 0.29) is 23.7 Å². The minimum absolute atomic E-state index is 0.197. The molecule has 6 nitrogen and oxygen atoms in total. The molecule has 1 aliphatic rings.